The summed E-state index contributed by atoms with van der Waals surface area (Å²) in [5, 5.41) is 0. The molecule has 4 nitrogen and oxygen atoms in total. The van der Waals surface area contributed by atoms with Gasteiger partial charge in [-0.1, -0.05) is 36.4 Å². The standard InChI is InChI=1S/C26H30N2O2/c1-18-14-21(23-12-8-7-10-19(23)2)16-22(15-18)28(25(29)30-26(4,5)6)17-24-20(3)11-9-13-27-24/h7-16H,17H2,1-6H3. The molecule has 1 amide bonds. The molecule has 0 bridgehead atoms. The fraction of sp³-hybridized carbons (Fsp3) is 0.308. The second-order valence-electron chi connectivity index (χ2n) is 8.71. The van der Waals surface area contributed by atoms with Crippen molar-refractivity contribution in [3.05, 3.63) is 83.2 Å². The second-order valence-corrected chi connectivity index (χ2v) is 8.71. The molecule has 4 heteroatoms. The minimum atomic E-state index is -0.586. The highest BCUT2D eigenvalue weighted by molar-refractivity contribution is 5.89. The largest absolute Gasteiger partial charge is 0.443 e. The second kappa shape index (κ2) is 8.70. The number of nitrogens with zero attached hydrogens (tertiary/aromatic N) is 2. The first-order valence-corrected chi connectivity index (χ1v) is 10.2. The lowest BCUT2D eigenvalue weighted by molar-refractivity contribution is 0.0577. The fourth-order valence-electron chi connectivity index (χ4n) is 3.38. The Hall–Kier alpha value is -3.14. The summed E-state index contributed by atoms with van der Waals surface area (Å²) >= 11 is 0. The summed E-state index contributed by atoms with van der Waals surface area (Å²) in [6.45, 7) is 12.1. The van der Waals surface area contributed by atoms with E-state index in [1.807, 2.05) is 65.0 Å². The molecule has 0 fully saturated rings. The Kier molecular flexibility index (Phi) is 6.25. The van der Waals surface area contributed by atoms with Crippen LogP contribution in [0, 0.1) is 20.8 Å². The summed E-state index contributed by atoms with van der Waals surface area (Å²) in [5.41, 5.74) is 6.61. The number of aromatic nitrogens is 1. The Morgan fingerprint density at radius 3 is 2.33 bits per heavy atom. The van der Waals surface area contributed by atoms with Crippen molar-refractivity contribution in [2.24, 2.45) is 0 Å². The lowest BCUT2D eigenvalue weighted by Gasteiger charge is -2.28. The number of ether oxygens (including phenoxy) is 1. The van der Waals surface area contributed by atoms with Gasteiger partial charge in [-0.15, -0.1) is 0 Å². The van der Waals surface area contributed by atoms with E-state index in [1.165, 1.54) is 5.56 Å². The topological polar surface area (TPSA) is 42.4 Å². The highest BCUT2D eigenvalue weighted by Crippen LogP contribution is 2.30. The monoisotopic (exact) mass is 402 g/mol. The van der Waals surface area contributed by atoms with Gasteiger partial charge in [0.1, 0.15) is 5.60 Å². The van der Waals surface area contributed by atoms with Gasteiger partial charge in [0.2, 0.25) is 0 Å². The molecule has 0 unspecified atom stereocenters. The van der Waals surface area contributed by atoms with Crippen LogP contribution in [0.4, 0.5) is 10.5 Å². The zero-order chi connectivity index (χ0) is 21.9. The molecule has 0 spiro atoms. The third-order valence-corrected chi connectivity index (χ3v) is 4.87. The summed E-state index contributed by atoms with van der Waals surface area (Å²) in [6.07, 6.45) is 1.37. The zero-order valence-electron chi connectivity index (χ0n) is 18.7. The molecular weight excluding hydrogens is 372 g/mol. The number of pyridine rings is 1. The molecule has 3 rings (SSSR count). The van der Waals surface area contributed by atoms with Crippen molar-refractivity contribution in [2.75, 3.05) is 4.90 Å². The van der Waals surface area contributed by atoms with Crippen molar-refractivity contribution in [2.45, 2.75) is 53.7 Å². The summed E-state index contributed by atoms with van der Waals surface area (Å²) < 4.78 is 5.73. The van der Waals surface area contributed by atoms with Crippen molar-refractivity contribution in [3.8, 4) is 11.1 Å². The van der Waals surface area contributed by atoms with Crippen molar-refractivity contribution in [3.63, 3.8) is 0 Å². The van der Waals surface area contributed by atoms with Crippen LogP contribution in [0.3, 0.4) is 0 Å². The van der Waals surface area contributed by atoms with E-state index in [9.17, 15) is 4.79 Å². The van der Waals surface area contributed by atoms with Gasteiger partial charge in [-0.25, -0.2) is 4.79 Å². The maximum absolute atomic E-state index is 13.2. The minimum absolute atomic E-state index is 0.345. The van der Waals surface area contributed by atoms with Crippen LogP contribution in [-0.2, 0) is 11.3 Å². The average molecular weight is 403 g/mol. The molecule has 0 saturated carbocycles. The van der Waals surface area contributed by atoms with Gasteiger partial charge in [0, 0.05) is 11.9 Å². The van der Waals surface area contributed by atoms with Crippen LogP contribution in [0.1, 0.15) is 43.2 Å². The molecule has 0 aliphatic rings. The van der Waals surface area contributed by atoms with Crippen LogP contribution in [0.25, 0.3) is 11.1 Å². The highest BCUT2D eigenvalue weighted by Gasteiger charge is 2.25. The molecule has 1 heterocycles. The molecule has 156 valence electrons. The number of carbonyl (C=O) groups excluding carboxylic acids is 1. The fourth-order valence-corrected chi connectivity index (χ4v) is 3.38. The SMILES string of the molecule is Cc1cc(-c2ccccc2C)cc(N(Cc2ncccc2C)C(=O)OC(C)(C)C)c1. The van der Waals surface area contributed by atoms with Gasteiger partial charge in [-0.05, 0) is 87.6 Å². The first-order chi connectivity index (χ1) is 14.1. The Labute approximate surface area is 179 Å². The smallest absolute Gasteiger partial charge is 0.415 e. The zero-order valence-corrected chi connectivity index (χ0v) is 18.7. The number of amides is 1. The van der Waals surface area contributed by atoms with E-state index in [2.05, 4.69) is 36.2 Å². The number of rotatable bonds is 4. The van der Waals surface area contributed by atoms with Crippen LogP contribution in [0.15, 0.2) is 60.8 Å². The number of benzene rings is 2. The molecule has 3 aromatic rings. The van der Waals surface area contributed by atoms with E-state index >= 15 is 0 Å². The summed E-state index contributed by atoms with van der Waals surface area (Å²) in [7, 11) is 0. The van der Waals surface area contributed by atoms with E-state index in [1.54, 1.807) is 11.1 Å². The predicted molar refractivity (Wildman–Crippen MR) is 123 cm³/mol. The van der Waals surface area contributed by atoms with E-state index in [4.69, 9.17) is 4.74 Å². The van der Waals surface area contributed by atoms with Gasteiger partial charge >= 0.3 is 6.09 Å². The van der Waals surface area contributed by atoms with Crippen LogP contribution in [0.5, 0.6) is 0 Å². The third kappa shape index (κ3) is 5.26. The van der Waals surface area contributed by atoms with Gasteiger partial charge in [-0.3, -0.25) is 9.88 Å². The first-order valence-electron chi connectivity index (χ1n) is 10.2. The first kappa shape index (κ1) is 21.6. The van der Waals surface area contributed by atoms with E-state index in [-0.39, 0.29) is 6.09 Å². The number of anilines is 1. The van der Waals surface area contributed by atoms with Gasteiger partial charge in [0.15, 0.2) is 0 Å². The number of hydrogen-bond acceptors (Lipinski definition) is 3. The molecule has 30 heavy (non-hydrogen) atoms. The normalized spacial score (nSPS) is 11.3. The molecule has 1 aromatic heterocycles. The Morgan fingerprint density at radius 1 is 0.967 bits per heavy atom. The van der Waals surface area contributed by atoms with Gasteiger partial charge in [0.25, 0.3) is 0 Å². The maximum atomic E-state index is 13.2. The van der Waals surface area contributed by atoms with Crippen molar-refractivity contribution in [1.82, 2.24) is 4.98 Å². The van der Waals surface area contributed by atoms with E-state index < -0.39 is 5.60 Å². The Morgan fingerprint density at radius 2 is 1.67 bits per heavy atom. The minimum Gasteiger partial charge on any atom is -0.443 e. The highest BCUT2D eigenvalue weighted by atomic mass is 16.6. The molecule has 2 aromatic carbocycles. The molecule has 0 saturated heterocycles. The van der Waals surface area contributed by atoms with Crippen LogP contribution in [-0.4, -0.2) is 16.7 Å². The Bertz CT molecular complexity index is 1050. The number of carbonyl (C=O) groups is 1. The molecule has 0 aliphatic heterocycles. The molecule has 0 aliphatic carbocycles. The van der Waals surface area contributed by atoms with Gasteiger partial charge < -0.3 is 4.74 Å². The molecule has 0 N–H and O–H groups in total. The lowest BCUT2D eigenvalue weighted by atomic mass is 9.98. The molecule has 0 radical (unpaired) electrons. The summed E-state index contributed by atoms with van der Waals surface area (Å²) in [6, 6.07) is 18.4. The van der Waals surface area contributed by atoms with Crippen LogP contribution >= 0.6 is 0 Å². The van der Waals surface area contributed by atoms with Crippen molar-refractivity contribution >= 4 is 11.8 Å². The van der Waals surface area contributed by atoms with Crippen LogP contribution < -0.4 is 4.90 Å². The maximum Gasteiger partial charge on any atom is 0.415 e. The summed E-state index contributed by atoms with van der Waals surface area (Å²) in [5.74, 6) is 0. The van der Waals surface area contributed by atoms with Crippen LogP contribution in [0.2, 0.25) is 0 Å². The van der Waals surface area contributed by atoms with Gasteiger partial charge in [0.05, 0.1) is 12.2 Å². The number of hydrogen-bond donors (Lipinski definition) is 0. The summed E-state index contributed by atoms with van der Waals surface area (Å²) in [4.78, 5) is 19.3. The quantitative estimate of drug-likeness (QED) is 0.493. The van der Waals surface area contributed by atoms with Crippen molar-refractivity contribution in [1.29, 1.82) is 0 Å². The van der Waals surface area contributed by atoms with Gasteiger partial charge in [-0.2, -0.15) is 0 Å². The number of aryl methyl sites for hydroxylation is 3. The average Bonchev–Trinajstić information content (AvgIpc) is 2.65. The van der Waals surface area contributed by atoms with E-state index in [0.717, 1.165) is 33.6 Å². The predicted octanol–water partition coefficient (Wildman–Crippen LogP) is 6.62. The molecular formula is C26H30N2O2. The lowest BCUT2D eigenvalue weighted by Crippen LogP contribution is -2.37. The van der Waals surface area contributed by atoms with Crippen molar-refractivity contribution < 1.29 is 9.53 Å². The Balaban J connectivity index is 2.08. The van der Waals surface area contributed by atoms with E-state index in [0.29, 0.717) is 6.54 Å². The molecule has 0 atom stereocenters. The third-order valence-electron chi connectivity index (χ3n) is 4.87.